The van der Waals surface area contributed by atoms with Crippen LogP contribution in [0.2, 0.25) is 0 Å². The maximum atomic E-state index is 12.9. The van der Waals surface area contributed by atoms with Gasteiger partial charge in [-0.1, -0.05) is 26.2 Å². The van der Waals surface area contributed by atoms with E-state index in [1.807, 2.05) is 0 Å². The lowest BCUT2D eigenvalue weighted by Crippen LogP contribution is -2.49. The standard InChI is InChI=1S/C17H28N4O3.ClH/c1-16(11-18)8-9-20(12-16)13(22)10-21-14(23)17(19(2)15(21)24)6-4-3-5-7-17;/h3-12,18H2,1-2H3;1H. The SMILES string of the molecule is CN1C(=O)N(CC(=O)N2CCC(C)(CN)C2)C(=O)C12CCCCC2.Cl. The van der Waals surface area contributed by atoms with Gasteiger partial charge in [-0.15, -0.1) is 12.4 Å². The van der Waals surface area contributed by atoms with E-state index >= 15 is 0 Å². The molecule has 2 heterocycles. The van der Waals surface area contributed by atoms with E-state index in [0.29, 0.717) is 32.5 Å². The van der Waals surface area contributed by atoms with Crippen molar-refractivity contribution < 1.29 is 14.4 Å². The number of hydrogen-bond donors (Lipinski definition) is 1. The summed E-state index contributed by atoms with van der Waals surface area (Å²) in [4.78, 5) is 42.5. The molecule has 142 valence electrons. The quantitative estimate of drug-likeness (QED) is 0.754. The van der Waals surface area contributed by atoms with E-state index in [2.05, 4.69) is 6.92 Å². The number of likely N-dealkylation sites (N-methyl/N-ethyl adjacent to an activating group) is 1. The first kappa shape index (κ1) is 20.0. The Kier molecular flexibility index (Phi) is 5.68. The normalized spacial score (nSPS) is 28.7. The zero-order valence-corrected chi connectivity index (χ0v) is 15.9. The molecule has 0 aromatic heterocycles. The second-order valence-electron chi connectivity index (χ2n) is 7.91. The van der Waals surface area contributed by atoms with Crippen LogP contribution in [0.15, 0.2) is 0 Å². The Morgan fingerprint density at radius 3 is 2.36 bits per heavy atom. The van der Waals surface area contributed by atoms with Crippen LogP contribution in [0, 0.1) is 5.41 Å². The Morgan fingerprint density at radius 1 is 1.16 bits per heavy atom. The van der Waals surface area contributed by atoms with Crippen molar-refractivity contribution in [3.63, 3.8) is 0 Å². The highest BCUT2D eigenvalue weighted by Gasteiger charge is 2.56. The van der Waals surface area contributed by atoms with Crippen LogP contribution in [0.5, 0.6) is 0 Å². The van der Waals surface area contributed by atoms with Crippen molar-refractivity contribution in [2.24, 2.45) is 11.1 Å². The van der Waals surface area contributed by atoms with Crippen LogP contribution in [-0.4, -0.2) is 71.3 Å². The van der Waals surface area contributed by atoms with Crippen molar-refractivity contribution in [3.8, 4) is 0 Å². The van der Waals surface area contributed by atoms with Crippen LogP contribution in [0.25, 0.3) is 0 Å². The lowest BCUT2D eigenvalue weighted by molar-refractivity contribution is -0.140. The maximum absolute atomic E-state index is 12.9. The summed E-state index contributed by atoms with van der Waals surface area (Å²) in [5, 5.41) is 0. The number of nitrogens with zero attached hydrogens (tertiary/aromatic N) is 3. The molecular weight excluding hydrogens is 344 g/mol. The van der Waals surface area contributed by atoms with Crippen LogP contribution in [0.1, 0.15) is 45.4 Å². The Balaban J connectivity index is 0.00000225. The minimum Gasteiger partial charge on any atom is -0.341 e. The van der Waals surface area contributed by atoms with Gasteiger partial charge in [0.15, 0.2) is 0 Å². The Labute approximate surface area is 155 Å². The van der Waals surface area contributed by atoms with Gasteiger partial charge in [-0.3, -0.25) is 14.5 Å². The molecule has 3 fully saturated rings. The van der Waals surface area contributed by atoms with Gasteiger partial charge in [-0.05, 0) is 31.2 Å². The van der Waals surface area contributed by atoms with E-state index in [1.165, 1.54) is 0 Å². The van der Waals surface area contributed by atoms with Crippen molar-refractivity contribution in [1.29, 1.82) is 0 Å². The monoisotopic (exact) mass is 372 g/mol. The highest BCUT2D eigenvalue weighted by molar-refractivity contribution is 6.08. The zero-order chi connectivity index (χ0) is 17.5. The van der Waals surface area contributed by atoms with Gasteiger partial charge in [-0.25, -0.2) is 4.79 Å². The molecule has 0 bridgehead atoms. The summed E-state index contributed by atoms with van der Waals surface area (Å²) in [5.74, 6) is -0.348. The Bertz CT molecular complexity index is 564. The van der Waals surface area contributed by atoms with Crippen molar-refractivity contribution in [1.82, 2.24) is 14.7 Å². The summed E-state index contributed by atoms with van der Waals surface area (Å²) in [7, 11) is 1.69. The van der Waals surface area contributed by atoms with Crippen molar-refractivity contribution in [2.75, 3.05) is 33.2 Å². The molecule has 7 nitrogen and oxygen atoms in total. The van der Waals surface area contributed by atoms with Crippen molar-refractivity contribution >= 4 is 30.3 Å². The maximum Gasteiger partial charge on any atom is 0.327 e. The molecule has 8 heteroatoms. The number of amides is 4. The van der Waals surface area contributed by atoms with E-state index in [0.717, 1.165) is 30.6 Å². The second kappa shape index (κ2) is 7.11. The summed E-state index contributed by atoms with van der Waals surface area (Å²) in [5.41, 5.74) is 5.01. The van der Waals surface area contributed by atoms with Gasteiger partial charge in [-0.2, -0.15) is 0 Å². The molecule has 1 aliphatic carbocycles. The summed E-state index contributed by atoms with van der Waals surface area (Å²) < 4.78 is 0. The highest BCUT2D eigenvalue weighted by atomic mass is 35.5. The molecule has 1 atom stereocenters. The average Bonchev–Trinajstić information content (AvgIpc) is 3.07. The minimum absolute atomic E-state index is 0. The fraction of sp³-hybridized carbons (Fsp3) is 0.824. The fourth-order valence-corrected chi connectivity index (χ4v) is 4.31. The number of imide groups is 1. The second-order valence-corrected chi connectivity index (χ2v) is 7.91. The summed E-state index contributed by atoms with van der Waals surface area (Å²) in [6, 6.07) is -0.337. The van der Waals surface area contributed by atoms with E-state index in [1.54, 1.807) is 16.8 Å². The van der Waals surface area contributed by atoms with Crippen LogP contribution in [-0.2, 0) is 9.59 Å². The number of rotatable bonds is 3. The molecule has 3 aliphatic rings. The minimum atomic E-state index is -0.716. The molecule has 2 aliphatic heterocycles. The molecule has 1 spiro atoms. The first-order valence-corrected chi connectivity index (χ1v) is 8.91. The fourth-order valence-electron chi connectivity index (χ4n) is 4.31. The lowest BCUT2D eigenvalue weighted by atomic mass is 9.81. The van der Waals surface area contributed by atoms with Gasteiger partial charge in [0, 0.05) is 20.1 Å². The number of urea groups is 1. The highest BCUT2D eigenvalue weighted by Crippen LogP contribution is 2.39. The van der Waals surface area contributed by atoms with Gasteiger partial charge >= 0.3 is 6.03 Å². The largest absolute Gasteiger partial charge is 0.341 e. The smallest absolute Gasteiger partial charge is 0.327 e. The molecule has 25 heavy (non-hydrogen) atoms. The first-order valence-electron chi connectivity index (χ1n) is 8.91. The van der Waals surface area contributed by atoms with Crippen molar-refractivity contribution in [2.45, 2.75) is 51.0 Å². The van der Waals surface area contributed by atoms with Crippen LogP contribution in [0.3, 0.4) is 0 Å². The molecule has 1 saturated carbocycles. The van der Waals surface area contributed by atoms with Crippen molar-refractivity contribution in [3.05, 3.63) is 0 Å². The first-order chi connectivity index (χ1) is 11.3. The number of carbonyl (C=O) groups is 3. The van der Waals surface area contributed by atoms with Crippen LogP contribution < -0.4 is 5.73 Å². The van der Waals surface area contributed by atoms with E-state index < -0.39 is 5.54 Å². The van der Waals surface area contributed by atoms with Gasteiger partial charge in [0.25, 0.3) is 5.91 Å². The molecule has 3 rings (SSSR count). The predicted molar refractivity (Wildman–Crippen MR) is 96.3 cm³/mol. The Hall–Kier alpha value is -1.34. The number of halogens is 1. The van der Waals surface area contributed by atoms with E-state index in [4.69, 9.17) is 5.73 Å². The summed E-state index contributed by atoms with van der Waals surface area (Å²) in [6.45, 7) is 3.69. The van der Waals surface area contributed by atoms with E-state index in [9.17, 15) is 14.4 Å². The number of nitrogens with two attached hydrogens (primary N) is 1. The van der Waals surface area contributed by atoms with Crippen LogP contribution in [0.4, 0.5) is 4.79 Å². The van der Waals surface area contributed by atoms with Crippen LogP contribution >= 0.6 is 12.4 Å². The third kappa shape index (κ3) is 3.24. The number of hydrogen-bond acceptors (Lipinski definition) is 4. The van der Waals surface area contributed by atoms with Gasteiger partial charge in [0.2, 0.25) is 5.91 Å². The Morgan fingerprint density at radius 2 is 1.80 bits per heavy atom. The molecule has 2 N–H and O–H groups in total. The third-order valence-electron chi connectivity index (χ3n) is 6.18. The number of carbonyl (C=O) groups excluding carboxylic acids is 3. The molecule has 0 radical (unpaired) electrons. The van der Waals surface area contributed by atoms with E-state index in [-0.39, 0.29) is 42.2 Å². The average molecular weight is 373 g/mol. The molecule has 1 unspecified atom stereocenters. The number of likely N-dealkylation sites (tertiary alicyclic amines) is 1. The predicted octanol–water partition coefficient (Wildman–Crippen LogP) is 1.20. The topological polar surface area (TPSA) is 87.0 Å². The summed E-state index contributed by atoms with van der Waals surface area (Å²) >= 11 is 0. The molecule has 0 aromatic carbocycles. The van der Waals surface area contributed by atoms with Gasteiger partial charge in [0.1, 0.15) is 12.1 Å². The zero-order valence-electron chi connectivity index (χ0n) is 15.1. The molecule has 0 aromatic rings. The molecular formula is C17H29ClN4O3. The lowest BCUT2D eigenvalue weighted by Gasteiger charge is -2.35. The molecule has 2 saturated heterocycles. The molecule has 4 amide bonds. The van der Waals surface area contributed by atoms with Gasteiger partial charge in [0.05, 0.1) is 0 Å². The van der Waals surface area contributed by atoms with Gasteiger partial charge < -0.3 is 15.5 Å². The summed E-state index contributed by atoms with van der Waals surface area (Å²) in [6.07, 6.45) is 5.27. The third-order valence-corrected chi connectivity index (χ3v) is 6.18.